The summed E-state index contributed by atoms with van der Waals surface area (Å²) in [6.07, 6.45) is 2.96. The first kappa shape index (κ1) is 17.8. The molecule has 2 amide bonds. The molecule has 6 nitrogen and oxygen atoms in total. The van der Waals surface area contributed by atoms with Gasteiger partial charge in [-0.25, -0.2) is 4.79 Å². The van der Waals surface area contributed by atoms with Crippen LogP contribution in [-0.2, 0) is 19.1 Å². The number of ether oxygens (including phenoxy) is 1. The molecule has 2 saturated heterocycles. The third-order valence-electron chi connectivity index (χ3n) is 5.22. The van der Waals surface area contributed by atoms with Gasteiger partial charge in [-0.2, -0.15) is 0 Å². The van der Waals surface area contributed by atoms with Gasteiger partial charge >= 0.3 is 5.97 Å². The van der Waals surface area contributed by atoms with E-state index in [-0.39, 0.29) is 29.6 Å². The zero-order valence-electron chi connectivity index (χ0n) is 14.6. The lowest BCUT2D eigenvalue weighted by Crippen LogP contribution is -2.52. The Labute approximate surface area is 138 Å². The number of methoxy groups -OCH3 is 1. The van der Waals surface area contributed by atoms with Crippen molar-refractivity contribution in [3.05, 3.63) is 0 Å². The minimum absolute atomic E-state index is 0.0460. The van der Waals surface area contributed by atoms with Gasteiger partial charge in [0.2, 0.25) is 11.8 Å². The maximum absolute atomic E-state index is 12.9. The van der Waals surface area contributed by atoms with Crippen LogP contribution in [0.25, 0.3) is 0 Å². The Kier molecular flexibility index (Phi) is 5.65. The van der Waals surface area contributed by atoms with Crippen molar-refractivity contribution in [2.75, 3.05) is 20.2 Å². The van der Waals surface area contributed by atoms with Crippen LogP contribution < -0.4 is 0 Å². The standard InChI is InChI=1S/C17H28N2O4/c1-11(2)12(3)15(20)18-9-5-7-13(18)16(21)19-10-6-8-14(19)17(22)23-4/h11-14H,5-10H2,1-4H3/t12-,13+,14+/m0/s1. The number of amides is 2. The van der Waals surface area contributed by atoms with Crippen LogP contribution in [0.15, 0.2) is 0 Å². The van der Waals surface area contributed by atoms with Crippen LogP contribution in [0.3, 0.4) is 0 Å². The van der Waals surface area contributed by atoms with Gasteiger partial charge in [-0.05, 0) is 31.6 Å². The van der Waals surface area contributed by atoms with Gasteiger partial charge in [-0.1, -0.05) is 20.8 Å². The maximum atomic E-state index is 12.9. The molecule has 0 radical (unpaired) electrons. The molecular weight excluding hydrogens is 296 g/mol. The SMILES string of the molecule is COC(=O)[C@H]1CCCN1C(=O)[C@H]1CCCN1C(=O)[C@@H](C)C(C)C. The zero-order chi connectivity index (χ0) is 17.1. The number of hydrogen-bond acceptors (Lipinski definition) is 4. The summed E-state index contributed by atoms with van der Waals surface area (Å²) < 4.78 is 4.81. The summed E-state index contributed by atoms with van der Waals surface area (Å²) in [5.74, 6) is -0.265. The van der Waals surface area contributed by atoms with E-state index in [4.69, 9.17) is 4.74 Å². The largest absolute Gasteiger partial charge is 0.467 e. The molecule has 2 heterocycles. The molecule has 0 N–H and O–H groups in total. The smallest absolute Gasteiger partial charge is 0.328 e. The van der Waals surface area contributed by atoms with Gasteiger partial charge in [0.1, 0.15) is 12.1 Å². The first-order valence-electron chi connectivity index (χ1n) is 8.57. The molecule has 2 aliphatic rings. The number of esters is 1. The minimum Gasteiger partial charge on any atom is -0.467 e. The fourth-order valence-electron chi connectivity index (χ4n) is 3.44. The summed E-state index contributed by atoms with van der Waals surface area (Å²) >= 11 is 0. The molecule has 0 saturated carbocycles. The average molecular weight is 324 g/mol. The summed E-state index contributed by atoms with van der Waals surface area (Å²) in [6.45, 7) is 7.15. The molecule has 2 aliphatic heterocycles. The molecule has 0 bridgehead atoms. The van der Waals surface area contributed by atoms with Crippen LogP contribution in [0.2, 0.25) is 0 Å². The topological polar surface area (TPSA) is 66.9 Å². The first-order valence-corrected chi connectivity index (χ1v) is 8.57. The number of carbonyl (C=O) groups is 3. The second kappa shape index (κ2) is 7.32. The van der Waals surface area contributed by atoms with Crippen LogP contribution in [0.4, 0.5) is 0 Å². The maximum Gasteiger partial charge on any atom is 0.328 e. The van der Waals surface area contributed by atoms with E-state index in [2.05, 4.69) is 0 Å². The van der Waals surface area contributed by atoms with Gasteiger partial charge in [0.05, 0.1) is 7.11 Å². The molecule has 0 aromatic carbocycles. The van der Waals surface area contributed by atoms with Crippen LogP contribution in [0, 0.1) is 11.8 Å². The normalized spacial score (nSPS) is 25.8. The van der Waals surface area contributed by atoms with E-state index in [1.165, 1.54) is 7.11 Å². The molecule has 2 rings (SSSR count). The van der Waals surface area contributed by atoms with E-state index in [1.54, 1.807) is 9.80 Å². The fraction of sp³-hybridized carbons (Fsp3) is 0.824. The highest BCUT2D eigenvalue weighted by molar-refractivity contribution is 5.92. The molecule has 0 aromatic heterocycles. The lowest BCUT2D eigenvalue weighted by atomic mass is 9.96. The van der Waals surface area contributed by atoms with Crippen molar-refractivity contribution in [3.8, 4) is 0 Å². The quantitative estimate of drug-likeness (QED) is 0.734. The summed E-state index contributed by atoms with van der Waals surface area (Å²) in [6, 6.07) is -0.915. The second-order valence-corrected chi connectivity index (χ2v) is 6.94. The van der Waals surface area contributed by atoms with Crippen molar-refractivity contribution in [2.24, 2.45) is 11.8 Å². The summed E-state index contributed by atoms with van der Waals surface area (Å²) in [5, 5.41) is 0. The molecule has 0 unspecified atom stereocenters. The predicted molar refractivity (Wildman–Crippen MR) is 85.5 cm³/mol. The third-order valence-corrected chi connectivity index (χ3v) is 5.22. The highest BCUT2D eigenvalue weighted by Gasteiger charge is 2.43. The number of nitrogens with zero attached hydrogens (tertiary/aromatic N) is 2. The number of likely N-dealkylation sites (tertiary alicyclic amines) is 2. The summed E-state index contributed by atoms with van der Waals surface area (Å²) in [4.78, 5) is 40.8. The molecule has 2 fully saturated rings. The van der Waals surface area contributed by atoms with E-state index in [9.17, 15) is 14.4 Å². The van der Waals surface area contributed by atoms with E-state index in [1.807, 2.05) is 20.8 Å². The minimum atomic E-state index is -0.493. The Morgan fingerprint density at radius 3 is 2.09 bits per heavy atom. The Morgan fingerprint density at radius 2 is 1.52 bits per heavy atom. The molecule has 0 aliphatic carbocycles. The van der Waals surface area contributed by atoms with Gasteiger partial charge < -0.3 is 14.5 Å². The Bertz CT molecular complexity index is 477. The highest BCUT2D eigenvalue weighted by Crippen LogP contribution is 2.27. The van der Waals surface area contributed by atoms with Crippen molar-refractivity contribution < 1.29 is 19.1 Å². The third kappa shape index (κ3) is 3.51. The Morgan fingerprint density at radius 1 is 0.957 bits per heavy atom. The van der Waals surface area contributed by atoms with Crippen LogP contribution >= 0.6 is 0 Å². The lowest BCUT2D eigenvalue weighted by molar-refractivity contribution is -0.154. The van der Waals surface area contributed by atoms with Gasteiger partial charge in [0, 0.05) is 19.0 Å². The number of carbonyl (C=O) groups excluding carboxylic acids is 3. The van der Waals surface area contributed by atoms with Crippen LogP contribution in [-0.4, -0.2) is 59.9 Å². The van der Waals surface area contributed by atoms with Crippen LogP contribution in [0.5, 0.6) is 0 Å². The number of rotatable bonds is 4. The van der Waals surface area contributed by atoms with Crippen molar-refractivity contribution >= 4 is 17.8 Å². The summed E-state index contributed by atoms with van der Waals surface area (Å²) in [5.41, 5.74) is 0. The van der Waals surface area contributed by atoms with Gasteiger partial charge in [-0.3, -0.25) is 9.59 Å². The molecule has 0 spiro atoms. The van der Waals surface area contributed by atoms with Crippen molar-refractivity contribution in [1.29, 1.82) is 0 Å². The monoisotopic (exact) mass is 324 g/mol. The van der Waals surface area contributed by atoms with E-state index >= 15 is 0 Å². The van der Waals surface area contributed by atoms with E-state index < -0.39 is 12.1 Å². The second-order valence-electron chi connectivity index (χ2n) is 6.94. The van der Waals surface area contributed by atoms with Gasteiger partial charge in [0.25, 0.3) is 0 Å². The number of hydrogen-bond donors (Lipinski definition) is 0. The molecule has 3 atom stereocenters. The molecule has 0 aromatic rings. The van der Waals surface area contributed by atoms with Crippen LogP contribution in [0.1, 0.15) is 46.5 Å². The van der Waals surface area contributed by atoms with Crippen molar-refractivity contribution in [1.82, 2.24) is 9.80 Å². The van der Waals surface area contributed by atoms with Crippen molar-refractivity contribution in [3.63, 3.8) is 0 Å². The molecule has 6 heteroatoms. The lowest BCUT2D eigenvalue weighted by Gasteiger charge is -2.32. The van der Waals surface area contributed by atoms with Gasteiger partial charge in [-0.15, -0.1) is 0 Å². The highest BCUT2D eigenvalue weighted by atomic mass is 16.5. The molecular formula is C17H28N2O4. The summed E-state index contributed by atoms with van der Waals surface area (Å²) in [7, 11) is 1.35. The first-order chi connectivity index (χ1) is 10.9. The average Bonchev–Trinajstić information content (AvgIpc) is 3.20. The predicted octanol–water partition coefficient (Wildman–Crippen LogP) is 1.43. The zero-order valence-corrected chi connectivity index (χ0v) is 14.6. The van der Waals surface area contributed by atoms with Gasteiger partial charge in [0.15, 0.2) is 0 Å². The molecule has 23 heavy (non-hydrogen) atoms. The van der Waals surface area contributed by atoms with E-state index in [0.717, 1.165) is 12.8 Å². The molecule has 130 valence electrons. The van der Waals surface area contributed by atoms with Crippen molar-refractivity contribution in [2.45, 2.75) is 58.5 Å². The van der Waals surface area contributed by atoms with E-state index in [0.29, 0.717) is 25.9 Å². The Hall–Kier alpha value is -1.59. The Balaban J connectivity index is 2.11. The fourth-order valence-corrected chi connectivity index (χ4v) is 3.44.